The standard InChI is InChI=1S/C37H41ClFN3O4S/c1-23(27-21-26(39)19-20-28(27)38)31-33(42(8)35(44)46-37(5,6)7)30(47-41-31)22-29(34(43)45-36(2,3)4)40-32(24-15-11-9-12-16-24)25-17-13-10-14-18-25/h9-21,23,29H,22H2,1-8H3/t23?,29-/m1/s1. The predicted octanol–water partition coefficient (Wildman–Crippen LogP) is 9.25. The molecule has 0 bridgehead atoms. The van der Waals surface area contributed by atoms with Gasteiger partial charge in [0, 0.05) is 35.5 Å². The van der Waals surface area contributed by atoms with Crippen LogP contribution >= 0.6 is 23.1 Å². The Labute approximate surface area is 285 Å². The number of esters is 1. The second kappa shape index (κ2) is 14.8. The summed E-state index contributed by atoms with van der Waals surface area (Å²) in [6.45, 7) is 12.6. The van der Waals surface area contributed by atoms with E-state index in [0.717, 1.165) is 22.7 Å². The molecule has 0 aliphatic rings. The van der Waals surface area contributed by atoms with Gasteiger partial charge < -0.3 is 9.47 Å². The average molecular weight is 678 g/mol. The number of amides is 1. The Morgan fingerprint density at radius 2 is 1.47 bits per heavy atom. The average Bonchev–Trinajstić information content (AvgIpc) is 3.42. The van der Waals surface area contributed by atoms with Crippen molar-refractivity contribution in [1.29, 1.82) is 0 Å². The highest BCUT2D eigenvalue weighted by molar-refractivity contribution is 7.06. The lowest BCUT2D eigenvalue weighted by Gasteiger charge is -2.27. The summed E-state index contributed by atoms with van der Waals surface area (Å²) >= 11 is 7.66. The molecule has 4 rings (SSSR count). The summed E-state index contributed by atoms with van der Waals surface area (Å²) in [6.07, 6.45) is -0.536. The van der Waals surface area contributed by atoms with Crippen LogP contribution in [0.5, 0.6) is 0 Å². The Hall–Kier alpha value is -4.08. The van der Waals surface area contributed by atoms with E-state index >= 15 is 0 Å². The third kappa shape index (κ3) is 9.49. The topological polar surface area (TPSA) is 81.1 Å². The quantitative estimate of drug-likeness (QED) is 0.130. The number of hydrogen-bond acceptors (Lipinski definition) is 7. The van der Waals surface area contributed by atoms with Crippen LogP contribution < -0.4 is 4.90 Å². The minimum atomic E-state index is -1.00. The number of anilines is 1. The van der Waals surface area contributed by atoms with Gasteiger partial charge in [0.2, 0.25) is 0 Å². The van der Waals surface area contributed by atoms with Crippen molar-refractivity contribution in [1.82, 2.24) is 4.37 Å². The minimum Gasteiger partial charge on any atom is -0.458 e. The molecule has 0 radical (unpaired) electrons. The molecule has 0 aliphatic heterocycles. The van der Waals surface area contributed by atoms with Gasteiger partial charge in [-0.2, -0.15) is 4.37 Å². The van der Waals surface area contributed by atoms with Crippen molar-refractivity contribution in [2.45, 2.75) is 78.0 Å². The smallest absolute Gasteiger partial charge is 0.414 e. The molecule has 0 aliphatic carbocycles. The fourth-order valence-corrected chi connectivity index (χ4v) is 6.21. The maximum atomic E-state index is 14.4. The van der Waals surface area contributed by atoms with Gasteiger partial charge in [-0.15, -0.1) is 0 Å². The van der Waals surface area contributed by atoms with Gasteiger partial charge in [0.15, 0.2) is 6.04 Å². The maximum absolute atomic E-state index is 14.4. The van der Waals surface area contributed by atoms with Gasteiger partial charge in [-0.1, -0.05) is 79.2 Å². The van der Waals surface area contributed by atoms with E-state index in [1.54, 1.807) is 48.6 Å². The Kier molecular flexibility index (Phi) is 11.2. The SMILES string of the molecule is CC(c1cc(F)ccc1Cl)c1nsc(C[C@@H](N=C(c2ccccc2)c2ccccc2)C(=O)OC(C)(C)C)c1N(C)C(=O)OC(C)(C)C. The molecule has 7 nitrogen and oxygen atoms in total. The fourth-order valence-electron chi connectivity index (χ4n) is 4.92. The number of aromatic nitrogens is 1. The molecule has 10 heteroatoms. The summed E-state index contributed by atoms with van der Waals surface area (Å²) in [7, 11) is 1.59. The lowest BCUT2D eigenvalue weighted by atomic mass is 9.95. The van der Waals surface area contributed by atoms with Crippen LogP contribution in [0.25, 0.3) is 0 Å². The molecule has 0 saturated heterocycles. The van der Waals surface area contributed by atoms with Gasteiger partial charge in [0.1, 0.15) is 17.0 Å². The van der Waals surface area contributed by atoms with Crippen LogP contribution in [0.1, 0.15) is 81.6 Å². The summed E-state index contributed by atoms with van der Waals surface area (Å²) < 4.78 is 30.7. The van der Waals surface area contributed by atoms with Crippen LogP contribution in [0.3, 0.4) is 0 Å². The van der Waals surface area contributed by atoms with Crippen LogP contribution in [0.15, 0.2) is 83.9 Å². The number of benzene rings is 3. The van der Waals surface area contributed by atoms with E-state index in [9.17, 15) is 14.0 Å². The van der Waals surface area contributed by atoms with E-state index in [0.29, 0.717) is 32.6 Å². The van der Waals surface area contributed by atoms with Gasteiger partial charge in [0.25, 0.3) is 0 Å². The Balaban J connectivity index is 1.89. The summed E-state index contributed by atoms with van der Waals surface area (Å²) in [5.74, 6) is -1.47. The Morgan fingerprint density at radius 1 is 0.915 bits per heavy atom. The molecule has 0 fully saturated rings. The van der Waals surface area contributed by atoms with E-state index < -0.39 is 41.0 Å². The van der Waals surface area contributed by atoms with Crippen LogP contribution in [0, 0.1) is 5.82 Å². The first-order valence-corrected chi connectivity index (χ1v) is 16.5. The van der Waals surface area contributed by atoms with Gasteiger partial charge in [-0.3, -0.25) is 9.89 Å². The lowest BCUT2D eigenvalue weighted by Crippen LogP contribution is -2.36. The lowest BCUT2D eigenvalue weighted by molar-refractivity contribution is -0.156. The third-order valence-electron chi connectivity index (χ3n) is 7.04. The molecular formula is C37H41ClFN3O4S. The summed E-state index contributed by atoms with van der Waals surface area (Å²) in [5, 5.41) is 0.367. The van der Waals surface area contributed by atoms with E-state index in [1.165, 1.54) is 23.1 Å². The largest absolute Gasteiger partial charge is 0.458 e. The van der Waals surface area contributed by atoms with Crippen molar-refractivity contribution in [3.8, 4) is 0 Å². The monoisotopic (exact) mass is 677 g/mol. The second-order valence-corrected chi connectivity index (χ2v) is 14.5. The van der Waals surface area contributed by atoms with Crippen LogP contribution in [0.2, 0.25) is 5.02 Å². The normalized spacial score (nSPS) is 13.0. The second-order valence-electron chi connectivity index (χ2n) is 13.2. The Bertz CT molecular complexity index is 1690. The number of ether oxygens (including phenoxy) is 2. The number of carbonyl (C=O) groups excluding carboxylic acids is 2. The van der Waals surface area contributed by atoms with Crippen molar-refractivity contribution < 1.29 is 23.5 Å². The highest BCUT2D eigenvalue weighted by Gasteiger charge is 2.33. The molecule has 1 aromatic heterocycles. The molecule has 1 heterocycles. The zero-order valence-electron chi connectivity index (χ0n) is 28.0. The van der Waals surface area contributed by atoms with Crippen LogP contribution in [-0.4, -0.2) is 46.4 Å². The van der Waals surface area contributed by atoms with Crippen molar-refractivity contribution in [3.05, 3.63) is 117 Å². The van der Waals surface area contributed by atoms with E-state index in [-0.39, 0.29) is 6.42 Å². The van der Waals surface area contributed by atoms with Crippen LogP contribution in [0.4, 0.5) is 14.9 Å². The molecule has 2 atom stereocenters. The van der Waals surface area contributed by atoms with Gasteiger partial charge >= 0.3 is 12.1 Å². The summed E-state index contributed by atoms with van der Waals surface area (Å²) in [6, 6.07) is 22.4. The molecular weight excluding hydrogens is 637 g/mol. The van der Waals surface area contributed by atoms with E-state index in [1.807, 2.05) is 67.6 Å². The number of halogens is 2. The molecule has 1 amide bonds. The number of hydrogen-bond donors (Lipinski definition) is 0. The third-order valence-corrected chi connectivity index (χ3v) is 8.25. The van der Waals surface area contributed by atoms with Gasteiger partial charge in [0.05, 0.1) is 22.0 Å². The highest BCUT2D eigenvalue weighted by atomic mass is 35.5. The highest BCUT2D eigenvalue weighted by Crippen LogP contribution is 2.40. The van der Waals surface area contributed by atoms with Gasteiger partial charge in [-0.25, -0.2) is 14.0 Å². The summed E-state index contributed by atoms with van der Waals surface area (Å²) in [5.41, 5.74) is 2.19. The number of aliphatic imine (C=N–C) groups is 1. The van der Waals surface area contributed by atoms with Gasteiger partial charge in [-0.05, 0) is 76.8 Å². The molecule has 4 aromatic rings. The molecule has 248 valence electrons. The van der Waals surface area contributed by atoms with Crippen molar-refractivity contribution in [2.24, 2.45) is 4.99 Å². The first-order valence-electron chi connectivity index (χ1n) is 15.4. The Morgan fingerprint density at radius 3 is 2.00 bits per heavy atom. The molecule has 1 unspecified atom stereocenters. The van der Waals surface area contributed by atoms with Crippen molar-refractivity contribution in [2.75, 3.05) is 11.9 Å². The molecule has 47 heavy (non-hydrogen) atoms. The molecule has 0 saturated carbocycles. The molecule has 0 N–H and O–H groups in total. The molecule has 0 spiro atoms. The zero-order chi connectivity index (χ0) is 34.5. The van der Waals surface area contributed by atoms with Crippen molar-refractivity contribution >= 4 is 46.6 Å². The van der Waals surface area contributed by atoms with Crippen LogP contribution in [-0.2, 0) is 20.7 Å². The maximum Gasteiger partial charge on any atom is 0.414 e. The predicted molar refractivity (Wildman–Crippen MR) is 188 cm³/mol. The fraction of sp³-hybridized carbons (Fsp3) is 0.351. The number of nitrogens with zero attached hydrogens (tertiary/aromatic N) is 3. The minimum absolute atomic E-state index is 0.0713. The number of carbonyl (C=O) groups is 2. The molecule has 3 aromatic carbocycles. The van der Waals surface area contributed by atoms with E-state index in [4.69, 9.17) is 30.4 Å². The summed E-state index contributed by atoms with van der Waals surface area (Å²) in [4.78, 5) is 34.4. The first-order chi connectivity index (χ1) is 22.0. The van der Waals surface area contributed by atoms with E-state index in [2.05, 4.69) is 0 Å². The van der Waals surface area contributed by atoms with Crippen molar-refractivity contribution in [3.63, 3.8) is 0 Å². The first kappa shape index (κ1) is 35.8. The zero-order valence-corrected chi connectivity index (χ0v) is 29.6. The number of rotatable bonds is 9.